The molecule has 0 spiro atoms. The Morgan fingerprint density at radius 1 is 1.20 bits per heavy atom. The highest BCUT2D eigenvalue weighted by atomic mass is 19.1. The maximum atomic E-state index is 13.2. The molecule has 3 rings (SSSR count). The van der Waals surface area contributed by atoms with Crippen LogP contribution < -0.4 is 10.2 Å². The van der Waals surface area contributed by atoms with Gasteiger partial charge in [0.25, 0.3) is 0 Å². The van der Waals surface area contributed by atoms with E-state index in [1.54, 1.807) is 12.1 Å². The van der Waals surface area contributed by atoms with Gasteiger partial charge in [-0.25, -0.2) is 4.39 Å². The van der Waals surface area contributed by atoms with Gasteiger partial charge >= 0.3 is 0 Å². The van der Waals surface area contributed by atoms with Crippen LogP contribution in [0.2, 0.25) is 0 Å². The first-order valence-corrected chi connectivity index (χ1v) is 7.57. The van der Waals surface area contributed by atoms with E-state index in [0.717, 1.165) is 51.1 Å². The van der Waals surface area contributed by atoms with Gasteiger partial charge in [-0.2, -0.15) is 0 Å². The summed E-state index contributed by atoms with van der Waals surface area (Å²) in [5.74, 6) is -0.149. The topological polar surface area (TPSA) is 24.5 Å². The van der Waals surface area contributed by atoms with Crippen LogP contribution in [0, 0.1) is 12.7 Å². The largest absolute Gasteiger partial charge is 0.380 e. The molecule has 0 aromatic heterocycles. The minimum absolute atomic E-state index is 0.149. The summed E-state index contributed by atoms with van der Waals surface area (Å²) in [6.45, 7) is 5.82. The number of aryl methyl sites for hydroxylation is 1. The average molecular weight is 278 g/mol. The Kier molecular flexibility index (Phi) is 4.22. The van der Waals surface area contributed by atoms with Gasteiger partial charge in [0.1, 0.15) is 5.82 Å². The molecule has 110 valence electrons. The fourth-order valence-electron chi connectivity index (χ4n) is 3.26. The van der Waals surface area contributed by atoms with E-state index in [2.05, 4.69) is 10.2 Å². The Bertz CT molecular complexity index is 452. The molecule has 0 radical (unpaired) electrons. The molecule has 1 aromatic carbocycles. The lowest BCUT2D eigenvalue weighted by molar-refractivity contribution is 0.186. The fourth-order valence-corrected chi connectivity index (χ4v) is 3.26. The maximum absolute atomic E-state index is 13.2. The molecule has 0 amide bonds. The van der Waals surface area contributed by atoms with E-state index in [1.807, 2.05) is 13.0 Å². The lowest BCUT2D eigenvalue weighted by Crippen LogP contribution is -2.46. The summed E-state index contributed by atoms with van der Waals surface area (Å²) in [6, 6.07) is 6.22. The molecule has 1 unspecified atom stereocenters. The molecule has 1 aromatic rings. The first kappa shape index (κ1) is 13.8. The van der Waals surface area contributed by atoms with Gasteiger partial charge in [-0.1, -0.05) is 0 Å². The fraction of sp³-hybridized carbons (Fsp3) is 0.625. The smallest absolute Gasteiger partial charge is 0.123 e. The zero-order valence-corrected chi connectivity index (χ0v) is 12.1. The second kappa shape index (κ2) is 6.10. The second-order valence-corrected chi connectivity index (χ2v) is 5.92. The van der Waals surface area contributed by atoms with Crippen molar-refractivity contribution in [1.82, 2.24) is 5.32 Å². The van der Waals surface area contributed by atoms with E-state index in [0.29, 0.717) is 12.1 Å². The van der Waals surface area contributed by atoms with Crippen LogP contribution in [0.4, 0.5) is 10.1 Å². The molecule has 2 aliphatic rings. The Labute approximate surface area is 120 Å². The van der Waals surface area contributed by atoms with Crippen LogP contribution in [0.25, 0.3) is 0 Å². The van der Waals surface area contributed by atoms with E-state index in [9.17, 15) is 4.39 Å². The van der Waals surface area contributed by atoms with E-state index in [-0.39, 0.29) is 5.82 Å². The number of hydrogen-bond donors (Lipinski definition) is 1. The normalized spacial score (nSPS) is 24.3. The lowest BCUT2D eigenvalue weighted by Gasteiger charge is -2.35. The highest BCUT2D eigenvalue weighted by molar-refractivity contribution is 5.53. The molecule has 0 aliphatic carbocycles. The van der Waals surface area contributed by atoms with E-state index in [1.165, 1.54) is 5.69 Å². The molecule has 1 N–H and O–H groups in total. The standard InChI is InChI=1S/C16H23FN2O/c1-12-10-13(17)2-3-16(12)19-7-4-14(5-8-19)18-15-6-9-20-11-15/h2-3,10,14-15,18H,4-9,11H2,1H3. The van der Waals surface area contributed by atoms with Crippen LogP contribution in [0.15, 0.2) is 18.2 Å². The summed E-state index contributed by atoms with van der Waals surface area (Å²) in [7, 11) is 0. The third-order valence-electron chi connectivity index (χ3n) is 4.40. The van der Waals surface area contributed by atoms with Crippen LogP contribution >= 0.6 is 0 Å². The number of nitrogens with one attached hydrogen (secondary N) is 1. The Hall–Kier alpha value is -1.13. The van der Waals surface area contributed by atoms with E-state index in [4.69, 9.17) is 4.74 Å². The number of halogens is 1. The van der Waals surface area contributed by atoms with Crippen LogP contribution in [-0.2, 0) is 4.74 Å². The molecule has 2 saturated heterocycles. The first-order chi connectivity index (χ1) is 9.72. The van der Waals surface area contributed by atoms with Gasteiger partial charge in [0, 0.05) is 37.5 Å². The van der Waals surface area contributed by atoms with Gasteiger partial charge in [-0.3, -0.25) is 0 Å². The average Bonchev–Trinajstić information content (AvgIpc) is 2.93. The van der Waals surface area contributed by atoms with Crippen LogP contribution in [0.1, 0.15) is 24.8 Å². The molecule has 2 heterocycles. The lowest BCUT2D eigenvalue weighted by atomic mass is 10.0. The highest BCUT2D eigenvalue weighted by Gasteiger charge is 2.24. The summed E-state index contributed by atoms with van der Waals surface area (Å²) < 4.78 is 18.6. The zero-order chi connectivity index (χ0) is 13.9. The third-order valence-corrected chi connectivity index (χ3v) is 4.40. The number of rotatable bonds is 3. The molecule has 20 heavy (non-hydrogen) atoms. The number of hydrogen-bond acceptors (Lipinski definition) is 3. The van der Waals surface area contributed by atoms with Crippen LogP contribution in [-0.4, -0.2) is 38.4 Å². The second-order valence-electron chi connectivity index (χ2n) is 5.92. The zero-order valence-electron chi connectivity index (χ0n) is 12.1. The van der Waals surface area contributed by atoms with Gasteiger partial charge in [-0.05, 0) is 49.9 Å². The quantitative estimate of drug-likeness (QED) is 0.919. The molecular weight excluding hydrogens is 255 g/mol. The molecule has 4 heteroatoms. The predicted octanol–water partition coefficient (Wildman–Crippen LogP) is 2.48. The van der Waals surface area contributed by atoms with Gasteiger partial charge in [0.05, 0.1) is 6.61 Å². The molecule has 0 saturated carbocycles. The van der Waals surface area contributed by atoms with Crippen molar-refractivity contribution >= 4 is 5.69 Å². The van der Waals surface area contributed by atoms with E-state index < -0.39 is 0 Å². The molecule has 2 aliphatic heterocycles. The maximum Gasteiger partial charge on any atom is 0.123 e. The summed E-state index contributed by atoms with van der Waals surface area (Å²) in [5, 5.41) is 3.70. The van der Waals surface area contributed by atoms with Crippen molar-refractivity contribution in [2.75, 3.05) is 31.2 Å². The van der Waals surface area contributed by atoms with Crippen LogP contribution in [0.5, 0.6) is 0 Å². The predicted molar refractivity (Wildman–Crippen MR) is 78.7 cm³/mol. The van der Waals surface area contributed by atoms with Crippen molar-refractivity contribution in [3.05, 3.63) is 29.6 Å². The summed E-state index contributed by atoms with van der Waals surface area (Å²) in [4.78, 5) is 2.37. The molecule has 1 atom stereocenters. The van der Waals surface area contributed by atoms with Crippen molar-refractivity contribution in [2.24, 2.45) is 0 Å². The van der Waals surface area contributed by atoms with Crippen molar-refractivity contribution in [3.8, 4) is 0 Å². The first-order valence-electron chi connectivity index (χ1n) is 7.57. The number of benzene rings is 1. The Morgan fingerprint density at radius 2 is 2.00 bits per heavy atom. The van der Waals surface area contributed by atoms with E-state index >= 15 is 0 Å². The van der Waals surface area contributed by atoms with Crippen molar-refractivity contribution < 1.29 is 9.13 Å². The summed E-state index contributed by atoms with van der Waals surface area (Å²) in [5.41, 5.74) is 2.20. The van der Waals surface area contributed by atoms with Gasteiger partial charge in [0.15, 0.2) is 0 Å². The number of ether oxygens (including phenoxy) is 1. The van der Waals surface area contributed by atoms with Crippen LogP contribution in [0.3, 0.4) is 0 Å². The Balaban J connectivity index is 1.55. The summed E-state index contributed by atoms with van der Waals surface area (Å²) >= 11 is 0. The number of anilines is 1. The minimum atomic E-state index is -0.149. The van der Waals surface area contributed by atoms with Crippen molar-refractivity contribution in [3.63, 3.8) is 0 Å². The summed E-state index contributed by atoms with van der Waals surface area (Å²) in [6.07, 6.45) is 3.43. The number of piperidine rings is 1. The monoisotopic (exact) mass is 278 g/mol. The molecule has 3 nitrogen and oxygen atoms in total. The van der Waals surface area contributed by atoms with Gasteiger partial charge < -0.3 is 15.0 Å². The molecular formula is C16H23FN2O. The SMILES string of the molecule is Cc1cc(F)ccc1N1CCC(NC2CCOC2)CC1. The van der Waals surface area contributed by atoms with Crippen molar-refractivity contribution in [2.45, 2.75) is 38.3 Å². The number of nitrogens with zero attached hydrogens (tertiary/aromatic N) is 1. The highest BCUT2D eigenvalue weighted by Crippen LogP contribution is 2.24. The van der Waals surface area contributed by atoms with Gasteiger partial charge in [0.2, 0.25) is 0 Å². The third kappa shape index (κ3) is 3.13. The minimum Gasteiger partial charge on any atom is -0.380 e. The molecule has 0 bridgehead atoms. The van der Waals surface area contributed by atoms with Gasteiger partial charge in [-0.15, -0.1) is 0 Å². The Morgan fingerprint density at radius 3 is 2.65 bits per heavy atom. The molecule has 2 fully saturated rings. The van der Waals surface area contributed by atoms with Crippen molar-refractivity contribution in [1.29, 1.82) is 0 Å².